The number of hydrogen-bond acceptors (Lipinski definition) is 16. The first kappa shape index (κ1) is 39.3. The van der Waals surface area contributed by atoms with Crippen LogP contribution in [0, 0.1) is 0 Å². The van der Waals surface area contributed by atoms with Crippen molar-refractivity contribution in [1.82, 2.24) is 0 Å². The van der Waals surface area contributed by atoms with Crippen LogP contribution in [0.15, 0.2) is 78.9 Å². The van der Waals surface area contributed by atoms with E-state index >= 15 is 0 Å². The van der Waals surface area contributed by atoms with E-state index in [1.165, 1.54) is 18.2 Å². The van der Waals surface area contributed by atoms with Crippen molar-refractivity contribution in [3.05, 3.63) is 107 Å². The molecule has 0 aromatic heterocycles. The maximum Gasteiger partial charge on any atom is 0.229 e. The molecule has 12 atom stereocenters. The predicted octanol–water partition coefficient (Wildman–Crippen LogP) is 0.597. The molecular weight excluding hydrogens is 736 g/mol. The number of aromatic hydroxyl groups is 3. The molecule has 56 heavy (non-hydrogen) atoms. The van der Waals surface area contributed by atoms with Crippen LogP contribution in [-0.4, -0.2) is 131 Å². The zero-order valence-corrected chi connectivity index (χ0v) is 29.5. The summed E-state index contributed by atoms with van der Waals surface area (Å²) in [5.41, 5.74) is 2.78. The van der Waals surface area contributed by atoms with Crippen LogP contribution >= 0.6 is 0 Å². The summed E-state index contributed by atoms with van der Waals surface area (Å²) in [6.07, 6.45) is -11.6. The third-order valence-electron chi connectivity index (χ3n) is 10.1. The van der Waals surface area contributed by atoms with Gasteiger partial charge in [0.25, 0.3) is 0 Å². The average Bonchev–Trinajstić information content (AvgIpc) is 3.58. The van der Waals surface area contributed by atoms with E-state index in [0.717, 1.165) is 5.56 Å². The number of phenols is 3. The molecule has 2 fully saturated rings. The van der Waals surface area contributed by atoms with E-state index in [0.29, 0.717) is 33.8 Å². The van der Waals surface area contributed by atoms with Crippen LogP contribution in [0.2, 0.25) is 0 Å². The molecule has 3 heterocycles. The van der Waals surface area contributed by atoms with Gasteiger partial charge in [0.2, 0.25) is 12.6 Å². The SMILES string of the molecule is OC[C@H]1O[C@@H](Oc2ccc(/C=C\c3cc(O)c4c(c3)O[C@@H](c3ccc(O[C@@H]5O[C@H](CO)[C@@H](O)[C@H](O)[C@H]5O)cc3)[C@@H]4c3cc(O)cc(O)c3)cc2)[C@H](O)[C@@H](O)[C@@H]1O. The van der Waals surface area contributed by atoms with Crippen molar-refractivity contribution < 1.29 is 79.9 Å². The van der Waals surface area contributed by atoms with Crippen LogP contribution in [0.3, 0.4) is 0 Å². The Bertz CT molecular complexity index is 1980. The molecule has 7 rings (SSSR count). The van der Waals surface area contributed by atoms with Gasteiger partial charge in [0.15, 0.2) is 0 Å². The molecule has 0 spiro atoms. The van der Waals surface area contributed by atoms with Crippen molar-refractivity contribution in [2.45, 2.75) is 73.4 Å². The lowest BCUT2D eigenvalue weighted by molar-refractivity contribution is -0.277. The lowest BCUT2D eigenvalue weighted by Gasteiger charge is -2.39. The maximum atomic E-state index is 11.4. The number of rotatable bonds is 10. The molecule has 0 bridgehead atoms. The third-order valence-corrected chi connectivity index (χ3v) is 10.1. The smallest absolute Gasteiger partial charge is 0.229 e. The minimum Gasteiger partial charge on any atom is -0.508 e. The molecule has 0 saturated carbocycles. The van der Waals surface area contributed by atoms with Crippen LogP contribution < -0.4 is 14.2 Å². The minimum absolute atomic E-state index is 0.108. The second-order valence-corrected chi connectivity index (χ2v) is 13.9. The molecule has 298 valence electrons. The van der Waals surface area contributed by atoms with Crippen molar-refractivity contribution >= 4 is 12.2 Å². The predicted molar refractivity (Wildman–Crippen MR) is 194 cm³/mol. The normalized spacial score (nSPS) is 31.5. The highest BCUT2D eigenvalue weighted by molar-refractivity contribution is 5.73. The van der Waals surface area contributed by atoms with E-state index in [2.05, 4.69) is 0 Å². The van der Waals surface area contributed by atoms with Gasteiger partial charge >= 0.3 is 0 Å². The molecule has 4 aromatic carbocycles. The van der Waals surface area contributed by atoms with Crippen LogP contribution in [0.1, 0.15) is 39.8 Å². The van der Waals surface area contributed by atoms with Crippen LogP contribution in [0.25, 0.3) is 12.2 Å². The zero-order chi connectivity index (χ0) is 39.8. The van der Waals surface area contributed by atoms with Crippen LogP contribution in [0.5, 0.6) is 34.5 Å². The van der Waals surface area contributed by atoms with E-state index < -0.39 is 86.6 Å². The van der Waals surface area contributed by atoms with Gasteiger partial charge in [0, 0.05) is 11.6 Å². The highest BCUT2D eigenvalue weighted by atomic mass is 16.7. The number of benzene rings is 4. The third kappa shape index (κ3) is 7.85. The number of ether oxygens (including phenoxy) is 5. The van der Waals surface area contributed by atoms with Crippen molar-refractivity contribution in [1.29, 1.82) is 0 Å². The molecule has 16 nitrogen and oxygen atoms in total. The molecule has 4 aromatic rings. The Morgan fingerprint density at radius 1 is 0.536 bits per heavy atom. The van der Waals surface area contributed by atoms with Crippen molar-refractivity contribution in [2.24, 2.45) is 0 Å². The lowest BCUT2D eigenvalue weighted by atomic mass is 9.84. The fraction of sp³-hybridized carbons (Fsp3) is 0.350. The fourth-order valence-corrected chi connectivity index (χ4v) is 7.08. The second kappa shape index (κ2) is 16.2. The van der Waals surface area contributed by atoms with Crippen molar-refractivity contribution in [2.75, 3.05) is 13.2 Å². The maximum absolute atomic E-state index is 11.4. The number of aliphatic hydroxyl groups is 8. The Morgan fingerprint density at radius 2 is 1.04 bits per heavy atom. The summed E-state index contributed by atoms with van der Waals surface area (Å²) in [4.78, 5) is 0. The monoisotopic (exact) mass is 778 g/mol. The lowest BCUT2D eigenvalue weighted by Crippen LogP contribution is -2.60. The minimum atomic E-state index is -1.62. The van der Waals surface area contributed by atoms with Gasteiger partial charge in [-0.3, -0.25) is 0 Å². The van der Waals surface area contributed by atoms with Gasteiger partial charge in [-0.2, -0.15) is 0 Å². The quantitative estimate of drug-likeness (QED) is 0.0985. The first-order chi connectivity index (χ1) is 26.8. The van der Waals surface area contributed by atoms with E-state index in [9.17, 15) is 56.2 Å². The summed E-state index contributed by atoms with van der Waals surface area (Å²) in [6.45, 7) is -1.20. The Hall–Kier alpha value is -4.98. The molecular formula is C40H42O16. The highest BCUT2D eigenvalue weighted by Crippen LogP contribution is 2.54. The summed E-state index contributed by atoms with van der Waals surface area (Å²) in [5.74, 6) is -0.342. The molecule has 0 unspecified atom stereocenters. The van der Waals surface area contributed by atoms with Crippen LogP contribution in [-0.2, 0) is 9.47 Å². The van der Waals surface area contributed by atoms with Gasteiger partial charge in [0.05, 0.1) is 19.1 Å². The molecule has 11 N–H and O–H groups in total. The number of aliphatic hydroxyl groups excluding tert-OH is 8. The first-order valence-electron chi connectivity index (χ1n) is 17.7. The molecule has 0 amide bonds. The molecule has 3 aliphatic heterocycles. The molecule has 3 aliphatic rings. The number of fused-ring (bicyclic) bond motifs is 1. The van der Waals surface area contributed by atoms with Gasteiger partial charge in [-0.15, -0.1) is 0 Å². The first-order valence-corrected chi connectivity index (χ1v) is 17.7. The van der Waals surface area contributed by atoms with Gasteiger partial charge in [-0.25, -0.2) is 0 Å². The summed E-state index contributed by atoms with van der Waals surface area (Å²) in [7, 11) is 0. The highest BCUT2D eigenvalue weighted by Gasteiger charge is 2.46. The fourth-order valence-electron chi connectivity index (χ4n) is 7.08. The Balaban J connectivity index is 1.10. The van der Waals surface area contributed by atoms with Gasteiger partial charge in [-0.05, 0) is 70.8 Å². The van der Waals surface area contributed by atoms with E-state index in [1.54, 1.807) is 72.8 Å². The summed E-state index contributed by atoms with van der Waals surface area (Å²) >= 11 is 0. The Labute approximate surface area is 319 Å². The largest absolute Gasteiger partial charge is 0.508 e. The van der Waals surface area contributed by atoms with E-state index in [-0.39, 0.29) is 23.0 Å². The van der Waals surface area contributed by atoms with E-state index in [4.69, 9.17) is 23.7 Å². The number of hydrogen-bond donors (Lipinski definition) is 11. The molecule has 2 saturated heterocycles. The molecule has 0 aliphatic carbocycles. The zero-order valence-electron chi connectivity index (χ0n) is 29.5. The Kier molecular flexibility index (Phi) is 11.4. The summed E-state index contributed by atoms with van der Waals surface area (Å²) in [5, 5.41) is 112. The standard InChI is InChI=1S/C40H42O16/c41-16-28-32(46)34(48)36(50)39(55-28)52-24-7-3-18(4-8-24)1-2-19-11-26(45)31-27(12-19)54-38(30(31)21-13-22(43)15-23(44)14-21)20-5-9-25(10-6-20)53-40-37(51)35(49)33(47)29(17-42)56-40/h1-15,28-30,32-51H,16-17H2/b2-1-/t28-,29-,30-,32-,33-,34+,35+,36-,37-,38+,39-,40-/m1/s1. The molecule has 16 heteroatoms. The second-order valence-electron chi connectivity index (χ2n) is 13.9. The van der Waals surface area contributed by atoms with Crippen molar-refractivity contribution in [3.8, 4) is 34.5 Å². The summed E-state index contributed by atoms with van der Waals surface area (Å²) < 4.78 is 28.7. The van der Waals surface area contributed by atoms with Gasteiger partial charge in [-0.1, -0.05) is 36.4 Å². The Morgan fingerprint density at radius 3 is 1.55 bits per heavy atom. The molecule has 0 radical (unpaired) electrons. The van der Waals surface area contributed by atoms with E-state index in [1.807, 2.05) is 0 Å². The van der Waals surface area contributed by atoms with Gasteiger partial charge < -0.3 is 79.9 Å². The van der Waals surface area contributed by atoms with Crippen LogP contribution in [0.4, 0.5) is 0 Å². The number of phenolic OH excluding ortho intramolecular Hbond substituents is 3. The van der Waals surface area contributed by atoms with Gasteiger partial charge in [0.1, 0.15) is 89.4 Å². The summed E-state index contributed by atoms with van der Waals surface area (Å²) in [6, 6.07) is 20.5. The van der Waals surface area contributed by atoms with Crippen molar-refractivity contribution in [3.63, 3.8) is 0 Å². The topological polar surface area (TPSA) is 269 Å². The average molecular weight is 779 g/mol.